The molecule has 1 aromatic carbocycles. The Kier molecular flexibility index (Phi) is 5.69. The van der Waals surface area contributed by atoms with Crippen LogP contribution < -0.4 is 5.32 Å². The van der Waals surface area contributed by atoms with Crippen LogP contribution in [0.4, 0.5) is 5.69 Å². The van der Waals surface area contributed by atoms with E-state index in [0.29, 0.717) is 24.0 Å². The van der Waals surface area contributed by atoms with E-state index in [4.69, 9.17) is 0 Å². The molecular weight excluding hydrogens is 338 g/mol. The Morgan fingerprint density at radius 3 is 2.71 bits per heavy atom. The third-order valence-electron chi connectivity index (χ3n) is 3.46. The third kappa shape index (κ3) is 4.78. The van der Waals surface area contributed by atoms with Gasteiger partial charge in [-0.05, 0) is 24.5 Å². The van der Waals surface area contributed by atoms with E-state index in [1.807, 2.05) is 11.0 Å². The van der Waals surface area contributed by atoms with Crippen molar-refractivity contribution in [3.05, 3.63) is 38.3 Å². The van der Waals surface area contributed by atoms with E-state index in [2.05, 4.69) is 21.2 Å². The Balaban J connectivity index is 1.78. The summed E-state index contributed by atoms with van der Waals surface area (Å²) in [5.74, 6) is 0.181. The van der Waals surface area contributed by atoms with Crippen LogP contribution in [-0.2, 0) is 11.3 Å². The standard InChI is InChI=1S/C14H18BrN3O3/c15-12-7-11(8-13(9-12)18(20)21)10-16-4-3-14(19)17-5-1-2-6-17/h7-9,16H,1-6,10H2. The van der Waals surface area contributed by atoms with Crippen molar-refractivity contribution in [3.8, 4) is 0 Å². The van der Waals surface area contributed by atoms with Crippen LogP contribution in [0, 0.1) is 10.1 Å². The maximum absolute atomic E-state index is 11.8. The second-order valence-corrected chi connectivity index (χ2v) is 6.01. The minimum atomic E-state index is -0.412. The van der Waals surface area contributed by atoms with Gasteiger partial charge in [0.15, 0.2) is 0 Å². The SMILES string of the molecule is O=C(CCNCc1cc(Br)cc([N+](=O)[O-])c1)N1CCCC1. The Bertz CT molecular complexity index is 530. The van der Waals surface area contributed by atoms with Gasteiger partial charge in [-0.2, -0.15) is 0 Å². The molecule has 0 spiro atoms. The molecule has 1 N–H and O–H groups in total. The zero-order chi connectivity index (χ0) is 15.2. The van der Waals surface area contributed by atoms with Crippen LogP contribution in [-0.4, -0.2) is 35.4 Å². The predicted molar refractivity (Wildman–Crippen MR) is 82.9 cm³/mol. The summed E-state index contributed by atoms with van der Waals surface area (Å²) >= 11 is 3.27. The largest absolute Gasteiger partial charge is 0.343 e. The van der Waals surface area contributed by atoms with Gasteiger partial charge in [0.1, 0.15) is 0 Å². The van der Waals surface area contributed by atoms with E-state index in [9.17, 15) is 14.9 Å². The van der Waals surface area contributed by atoms with Gasteiger partial charge in [-0.3, -0.25) is 14.9 Å². The number of carbonyl (C=O) groups is 1. The highest BCUT2D eigenvalue weighted by molar-refractivity contribution is 9.10. The second kappa shape index (κ2) is 7.51. The Morgan fingerprint density at radius 2 is 2.05 bits per heavy atom. The first-order valence-corrected chi connectivity index (χ1v) is 7.78. The first-order valence-electron chi connectivity index (χ1n) is 6.98. The Hall–Kier alpha value is -1.47. The highest BCUT2D eigenvalue weighted by atomic mass is 79.9. The first kappa shape index (κ1) is 15.9. The van der Waals surface area contributed by atoms with Gasteiger partial charge >= 0.3 is 0 Å². The van der Waals surface area contributed by atoms with Gasteiger partial charge in [0.2, 0.25) is 5.91 Å². The van der Waals surface area contributed by atoms with Gasteiger partial charge in [0.05, 0.1) is 4.92 Å². The predicted octanol–water partition coefficient (Wildman–Crippen LogP) is 2.46. The van der Waals surface area contributed by atoms with E-state index in [0.717, 1.165) is 31.5 Å². The number of halogens is 1. The molecule has 2 rings (SSSR count). The van der Waals surface area contributed by atoms with Gasteiger partial charge in [-0.15, -0.1) is 0 Å². The molecule has 1 fully saturated rings. The number of nitro groups is 1. The maximum atomic E-state index is 11.8. The van der Waals surface area contributed by atoms with Crippen molar-refractivity contribution >= 4 is 27.5 Å². The molecule has 1 saturated heterocycles. The average molecular weight is 356 g/mol. The number of amides is 1. The number of nitrogens with one attached hydrogen (secondary N) is 1. The number of benzene rings is 1. The molecule has 114 valence electrons. The molecule has 1 aliphatic heterocycles. The van der Waals surface area contributed by atoms with Gasteiger partial charge in [-0.1, -0.05) is 15.9 Å². The fraction of sp³-hybridized carbons (Fsp3) is 0.500. The van der Waals surface area contributed by atoms with Gasteiger partial charge < -0.3 is 10.2 Å². The summed E-state index contributed by atoms with van der Waals surface area (Å²) in [5, 5.41) is 13.9. The molecule has 0 atom stereocenters. The lowest BCUT2D eigenvalue weighted by molar-refractivity contribution is -0.385. The van der Waals surface area contributed by atoms with E-state index in [-0.39, 0.29) is 11.6 Å². The highest BCUT2D eigenvalue weighted by Crippen LogP contribution is 2.21. The van der Waals surface area contributed by atoms with E-state index in [1.165, 1.54) is 6.07 Å². The molecule has 7 heteroatoms. The lowest BCUT2D eigenvalue weighted by Gasteiger charge is -2.15. The van der Waals surface area contributed by atoms with E-state index in [1.54, 1.807) is 6.07 Å². The van der Waals surface area contributed by atoms with Crippen molar-refractivity contribution < 1.29 is 9.72 Å². The molecule has 0 bridgehead atoms. The van der Waals surface area contributed by atoms with Gasteiger partial charge in [0.25, 0.3) is 5.69 Å². The van der Waals surface area contributed by atoms with Crippen molar-refractivity contribution in [2.75, 3.05) is 19.6 Å². The van der Waals surface area contributed by atoms with E-state index < -0.39 is 4.92 Å². The maximum Gasteiger partial charge on any atom is 0.270 e. The average Bonchev–Trinajstić information content (AvgIpc) is 2.97. The second-order valence-electron chi connectivity index (χ2n) is 5.09. The molecule has 1 amide bonds. The molecule has 1 heterocycles. The third-order valence-corrected chi connectivity index (χ3v) is 3.91. The zero-order valence-corrected chi connectivity index (χ0v) is 13.3. The lowest BCUT2D eigenvalue weighted by atomic mass is 10.2. The molecule has 0 radical (unpaired) electrons. The summed E-state index contributed by atoms with van der Waals surface area (Å²) in [6.45, 7) is 2.83. The number of nitro benzene ring substituents is 1. The number of non-ortho nitro benzene ring substituents is 1. The molecule has 1 aromatic rings. The summed E-state index contributed by atoms with van der Waals surface area (Å²) in [7, 11) is 0. The number of likely N-dealkylation sites (tertiary alicyclic amines) is 1. The van der Waals surface area contributed by atoms with Crippen LogP contribution in [0.2, 0.25) is 0 Å². The number of nitrogens with zero attached hydrogens (tertiary/aromatic N) is 2. The van der Waals surface area contributed by atoms with Gasteiger partial charge in [0, 0.05) is 49.2 Å². The molecule has 0 aromatic heterocycles. The van der Waals surface area contributed by atoms with Crippen molar-refractivity contribution in [3.63, 3.8) is 0 Å². The highest BCUT2D eigenvalue weighted by Gasteiger charge is 2.17. The Morgan fingerprint density at radius 1 is 1.33 bits per heavy atom. The minimum absolute atomic E-state index is 0.0642. The fourth-order valence-corrected chi connectivity index (χ4v) is 2.92. The van der Waals surface area contributed by atoms with Crippen LogP contribution >= 0.6 is 15.9 Å². The first-order chi connectivity index (χ1) is 10.1. The van der Waals surface area contributed by atoms with Crippen molar-refractivity contribution in [1.82, 2.24) is 10.2 Å². The fourth-order valence-electron chi connectivity index (χ4n) is 2.39. The summed E-state index contributed by atoms with van der Waals surface area (Å²) in [5.41, 5.74) is 0.888. The Labute approximate surface area is 131 Å². The normalized spacial score (nSPS) is 14.4. The van der Waals surface area contributed by atoms with Crippen molar-refractivity contribution in [2.24, 2.45) is 0 Å². The van der Waals surface area contributed by atoms with Crippen molar-refractivity contribution in [1.29, 1.82) is 0 Å². The molecule has 0 unspecified atom stereocenters. The molecule has 21 heavy (non-hydrogen) atoms. The van der Waals surface area contributed by atoms with Crippen LogP contribution in [0.1, 0.15) is 24.8 Å². The van der Waals surface area contributed by atoms with Crippen LogP contribution in [0.5, 0.6) is 0 Å². The smallest absolute Gasteiger partial charge is 0.270 e. The monoisotopic (exact) mass is 355 g/mol. The van der Waals surface area contributed by atoms with E-state index >= 15 is 0 Å². The number of hydrogen-bond acceptors (Lipinski definition) is 4. The number of hydrogen-bond donors (Lipinski definition) is 1. The van der Waals surface area contributed by atoms with Crippen molar-refractivity contribution in [2.45, 2.75) is 25.8 Å². The van der Waals surface area contributed by atoms with Crippen LogP contribution in [0.3, 0.4) is 0 Å². The molecular formula is C14H18BrN3O3. The summed E-state index contributed by atoms with van der Waals surface area (Å²) in [4.78, 5) is 24.1. The van der Waals surface area contributed by atoms with Crippen LogP contribution in [0.25, 0.3) is 0 Å². The lowest BCUT2D eigenvalue weighted by Crippen LogP contribution is -2.30. The molecule has 6 nitrogen and oxygen atoms in total. The summed E-state index contributed by atoms with van der Waals surface area (Å²) in [6.07, 6.45) is 2.66. The summed E-state index contributed by atoms with van der Waals surface area (Å²) in [6, 6.07) is 4.85. The molecule has 0 aliphatic carbocycles. The molecule has 0 saturated carbocycles. The zero-order valence-electron chi connectivity index (χ0n) is 11.7. The summed E-state index contributed by atoms with van der Waals surface area (Å²) < 4.78 is 0.682. The topological polar surface area (TPSA) is 75.5 Å². The van der Waals surface area contributed by atoms with Gasteiger partial charge in [-0.25, -0.2) is 0 Å². The van der Waals surface area contributed by atoms with Crippen LogP contribution in [0.15, 0.2) is 22.7 Å². The number of rotatable bonds is 6. The number of carbonyl (C=O) groups excluding carboxylic acids is 1. The minimum Gasteiger partial charge on any atom is -0.343 e. The molecule has 1 aliphatic rings. The quantitative estimate of drug-likeness (QED) is 0.483.